The minimum Gasteiger partial charge on any atom is -0.488 e. The Morgan fingerprint density at radius 1 is 1.26 bits per heavy atom. The summed E-state index contributed by atoms with van der Waals surface area (Å²) in [5.74, 6) is 1.40. The van der Waals surface area contributed by atoms with Crippen molar-refractivity contribution in [2.24, 2.45) is 0 Å². The van der Waals surface area contributed by atoms with Gasteiger partial charge in [-0.1, -0.05) is 12.1 Å². The van der Waals surface area contributed by atoms with Crippen molar-refractivity contribution < 1.29 is 13.2 Å². The molecule has 2 aliphatic rings. The second-order valence-electron chi connectivity index (χ2n) is 7.57. The van der Waals surface area contributed by atoms with Crippen LogP contribution in [0.25, 0.3) is 0 Å². The molecule has 2 fully saturated rings. The van der Waals surface area contributed by atoms with E-state index in [0.29, 0.717) is 24.6 Å². The third-order valence-electron chi connectivity index (χ3n) is 5.13. The number of anilines is 1. The molecular weight excluding hydrogens is 364 g/mol. The molecule has 1 N–H and O–H groups in total. The van der Waals surface area contributed by atoms with Gasteiger partial charge >= 0.3 is 0 Å². The van der Waals surface area contributed by atoms with Crippen molar-refractivity contribution >= 4 is 21.4 Å². The largest absolute Gasteiger partial charge is 0.488 e. The first-order chi connectivity index (χ1) is 12.7. The average molecular weight is 386 g/mol. The summed E-state index contributed by atoms with van der Waals surface area (Å²) in [5.41, 5.74) is 1.43. The number of rotatable bonds is 6. The van der Waals surface area contributed by atoms with Crippen molar-refractivity contribution in [1.82, 2.24) is 9.97 Å². The SMILES string of the molecule is CC1(Oc2cccc(C(=N)c3cc(N4CC(S(C)(=O)=O)C4)ncn3)c2)CC1. The lowest BCUT2D eigenvalue weighted by molar-refractivity contribution is 0.200. The van der Waals surface area contributed by atoms with Crippen LogP contribution in [0.3, 0.4) is 0 Å². The molecule has 0 spiro atoms. The predicted octanol–water partition coefficient (Wildman–Crippen LogP) is 2.06. The van der Waals surface area contributed by atoms with Crippen molar-refractivity contribution in [3.63, 3.8) is 0 Å². The third-order valence-corrected chi connectivity index (χ3v) is 6.64. The Morgan fingerprint density at radius 3 is 2.67 bits per heavy atom. The monoisotopic (exact) mass is 386 g/mol. The standard InChI is InChI=1S/C19H22N4O3S/c1-19(6-7-19)26-14-5-3-4-13(8-14)18(20)16-9-17(22-12-21-16)23-10-15(11-23)27(2,24)25/h3-5,8-9,12,15,20H,6-7,10-11H2,1-2H3. The zero-order valence-electron chi connectivity index (χ0n) is 15.3. The minimum absolute atomic E-state index is 0.0729. The molecule has 1 saturated carbocycles. The predicted molar refractivity (Wildman–Crippen MR) is 104 cm³/mol. The highest BCUT2D eigenvalue weighted by Crippen LogP contribution is 2.39. The average Bonchev–Trinajstić information content (AvgIpc) is 3.29. The second kappa shape index (κ2) is 6.30. The molecule has 0 radical (unpaired) electrons. The Morgan fingerprint density at radius 2 is 2.00 bits per heavy atom. The lowest BCUT2D eigenvalue weighted by Gasteiger charge is -2.38. The van der Waals surface area contributed by atoms with Crippen LogP contribution in [0.15, 0.2) is 36.7 Å². The lowest BCUT2D eigenvalue weighted by Crippen LogP contribution is -2.54. The number of benzene rings is 1. The molecule has 8 heteroatoms. The van der Waals surface area contributed by atoms with Gasteiger partial charge in [0.05, 0.1) is 16.7 Å². The minimum atomic E-state index is -3.03. The Hall–Kier alpha value is -2.48. The molecule has 4 rings (SSSR count). The first-order valence-corrected chi connectivity index (χ1v) is 10.8. The maximum Gasteiger partial charge on any atom is 0.153 e. The van der Waals surface area contributed by atoms with Crippen LogP contribution in [0, 0.1) is 5.41 Å². The number of ether oxygens (including phenoxy) is 1. The lowest BCUT2D eigenvalue weighted by atomic mass is 10.1. The number of nitrogens with zero attached hydrogens (tertiary/aromatic N) is 3. The van der Waals surface area contributed by atoms with Gasteiger partial charge in [-0.05, 0) is 31.9 Å². The van der Waals surface area contributed by atoms with Crippen molar-refractivity contribution in [3.8, 4) is 5.75 Å². The highest BCUT2D eigenvalue weighted by Gasteiger charge is 2.40. The Labute approximate surface area is 158 Å². The van der Waals surface area contributed by atoms with Crippen LogP contribution >= 0.6 is 0 Å². The number of sulfone groups is 1. The Bertz CT molecular complexity index is 996. The maximum atomic E-state index is 11.6. The van der Waals surface area contributed by atoms with E-state index in [4.69, 9.17) is 10.1 Å². The molecule has 1 aromatic carbocycles. The maximum absolute atomic E-state index is 11.6. The molecule has 2 aromatic rings. The van der Waals surface area contributed by atoms with E-state index in [1.165, 1.54) is 12.6 Å². The molecule has 142 valence electrons. The second-order valence-corrected chi connectivity index (χ2v) is 9.90. The van der Waals surface area contributed by atoms with E-state index in [0.717, 1.165) is 24.2 Å². The van der Waals surface area contributed by atoms with Crippen LogP contribution < -0.4 is 9.64 Å². The number of hydrogen-bond acceptors (Lipinski definition) is 7. The molecule has 1 aliphatic carbocycles. The van der Waals surface area contributed by atoms with Gasteiger partial charge in [0.15, 0.2) is 9.84 Å². The van der Waals surface area contributed by atoms with Crippen LogP contribution in [-0.2, 0) is 9.84 Å². The van der Waals surface area contributed by atoms with E-state index in [2.05, 4.69) is 16.9 Å². The number of aromatic nitrogens is 2. The van der Waals surface area contributed by atoms with Gasteiger partial charge in [0.25, 0.3) is 0 Å². The van der Waals surface area contributed by atoms with E-state index >= 15 is 0 Å². The van der Waals surface area contributed by atoms with E-state index in [9.17, 15) is 8.42 Å². The van der Waals surface area contributed by atoms with Crippen LogP contribution in [-0.4, -0.2) is 54.3 Å². The summed E-state index contributed by atoms with van der Waals surface area (Å²) >= 11 is 0. The third kappa shape index (κ3) is 3.80. The van der Waals surface area contributed by atoms with Gasteiger partial charge in [0, 0.05) is 31.0 Å². The summed E-state index contributed by atoms with van der Waals surface area (Å²) in [6, 6.07) is 9.22. The van der Waals surface area contributed by atoms with Gasteiger partial charge in [-0.25, -0.2) is 18.4 Å². The zero-order chi connectivity index (χ0) is 19.2. The summed E-state index contributed by atoms with van der Waals surface area (Å²) in [5, 5.41) is 8.15. The molecule has 0 atom stereocenters. The van der Waals surface area contributed by atoms with E-state index in [-0.39, 0.29) is 16.6 Å². The van der Waals surface area contributed by atoms with Gasteiger partial charge in [-0.2, -0.15) is 0 Å². The van der Waals surface area contributed by atoms with E-state index in [1.54, 1.807) is 6.07 Å². The van der Waals surface area contributed by atoms with Gasteiger partial charge in [0.1, 0.15) is 23.5 Å². The molecule has 1 aliphatic heterocycles. The molecule has 27 heavy (non-hydrogen) atoms. The zero-order valence-corrected chi connectivity index (χ0v) is 16.2. The topological polar surface area (TPSA) is 96.2 Å². The molecule has 1 aromatic heterocycles. The summed E-state index contributed by atoms with van der Waals surface area (Å²) in [4.78, 5) is 10.3. The van der Waals surface area contributed by atoms with Gasteiger partial charge in [-0.15, -0.1) is 0 Å². The Balaban J connectivity index is 1.51. The molecule has 7 nitrogen and oxygen atoms in total. The smallest absolute Gasteiger partial charge is 0.153 e. The van der Waals surface area contributed by atoms with Crippen molar-refractivity contribution in [2.45, 2.75) is 30.6 Å². The van der Waals surface area contributed by atoms with Gasteiger partial charge < -0.3 is 9.64 Å². The first kappa shape index (κ1) is 17.9. The van der Waals surface area contributed by atoms with Crippen LogP contribution in [0.5, 0.6) is 5.75 Å². The van der Waals surface area contributed by atoms with Crippen LogP contribution in [0.2, 0.25) is 0 Å². The normalized spacial score (nSPS) is 18.7. The van der Waals surface area contributed by atoms with Crippen molar-refractivity contribution in [2.75, 3.05) is 24.2 Å². The summed E-state index contributed by atoms with van der Waals surface area (Å²) in [6.07, 6.45) is 4.77. The Kier molecular flexibility index (Phi) is 4.18. The molecule has 2 heterocycles. The van der Waals surface area contributed by atoms with Gasteiger partial charge in [-0.3, -0.25) is 5.41 Å². The van der Waals surface area contributed by atoms with Crippen LogP contribution in [0.1, 0.15) is 31.0 Å². The van der Waals surface area contributed by atoms with Crippen molar-refractivity contribution in [1.29, 1.82) is 5.41 Å². The summed E-state index contributed by atoms with van der Waals surface area (Å²) in [7, 11) is -3.03. The summed E-state index contributed by atoms with van der Waals surface area (Å²) in [6.45, 7) is 2.92. The number of nitrogens with one attached hydrogen (secondary N) is 1. The fourth-order valence-corrected chi connectivity index (χ4v) is 3.88. The first-order valence-electron chi connectivity index (χ1n) is 8.88. The summed E-state index contributed by atoms with van der Waals surface area (Å²) < 4.78 is 29.1. The van der Waals surface area contributed by atoms with Crippen LogP contribution in [0.4, 0.5) is 5.82 Å². The van der Waals surface area contributed by atoms with Gasteiger partial charge in [0.2, 0.25) is 0 Å². The van der Waals surface area contributed by atoms with E-state index in [1.807, 2.05) is 29.2 Å². The fourth-order valence-electron chi connectivity index (χ4n) is 2.98. The molecule has 1 saturated heterocycles. The highest BCUT2D eigenvalue weighted by molar-refractivity contribution is 7.91. The van der Waals surface area contributed by atoms with Crippen molar-refractivity contribution in [3.05, 3.63) is 47.9 Å². The molecule has 0 bridgehead atoms. The highest BCUT2D eigenvalue weighted by atomic mass is 32.2. The number of hydrogen-bond donors (Lipinski definition) is 1. The molecular formula is C19H22N4O3S. The fraction of sp³-hybridized carbons (Fsp3) is 0.421. The van der Waals surface area contributed by atoms with E-state index < -0.39 is 9.84 Å². The molecule has 0 amide bonds. The molecule has 0 unspecified atom stereocenters. The quantitative estimate of drug-likeness (QED) is 0.764.